The Morgan fingerprint density at radius 2 is 1.88 bits per heavy atom. The highest BCUT2D eigenvalue weighted by Gasteiger charge is 2.23. The first kappa shape index (κ1) is 11.6. The van der Waals surface area contributed by atoms with Gasteiger partial charge in [-0.15, -0.1) is 0 Å². The lowest BCUT2D eigenvalue weighted by Crippen LogP contribution is -2.40. The van der Waals surface area contributed by atoms with E-state index in [-0.39, 0.29) is 6.29 Å². The van der Waals surface area contributed by atoms with E-state index in [0.717, 1.165) is 5.56 Å². The smallest absolute Gasteiger partial charge is 0.184 e. The first-order valence-corrected chi connectivity index (χ1v) is 5.68. The van der Waals surface area contributed by atoms with Crippen molar-refractivity contribution in [3.63, 3.8) is 0 Å². The summed E-state index contributed by atoms with van der Waals surface area (Å²) < 4.78 is 11.4. The number of aryl methyl sites for hydroxylation is 2. The van der Waals surface area contributed by atoms with Crippen LogP contribution in [0.1, 0.15) is 23.0 Å². The molecule has 3 nitrogen and oxygen atoms in total. The number of rotatable bonds is 2. The fourth-order valence-electron chi connectivity index (χ4n) is 1.86. The van der Waals surface area contributed by atoms with Crippen molar-refractivity contribution in [3.05, 3.63) is 34.9 Å². The van der Waals surface area contributed by atoms with Gasteiger partial charge in [0.05, 0.1) is 19.3 Å². The molecular formula is C13H19NO2. The maximum Gasteiger partial charge on any atom is 0.184 e. The molecule has 0 bridgehead atoms. The minimum absolute atomic E-state index is 0.204. The molecular weight excluding hydrogens is 202 g/mol. The average molecular weight is 221 g/mol. The number of benzene rings is 1. The Bertz CT molecular complexity index is 357. The van der Waals surface area contributed by atoms with Gasteiger partial charge in [-0.3, -0.25) is 0 Å². The van der Waals surface area contributed by atoms with Crippen LogP contribution in [0.15, 0.2) is 18.2 Å². The fraction of sp³-hybridized carbons (Fsp3) is 0.538. The normalized spacial score (nSPS) is 25.7. The van der Waals surface area contributed by atoms with Gasteiger partial charge in [0.1, 0.15) is 0 Å². The highest BCUT2D eigenvalue weighted by Crippen LogP contribution is 2.26. The molecule has 3 heteroatoms. The SMILES string of the molecule is CNC1COC(c2cc(C)ccc2C)OC1. The molecule has 2 rings (SSSR count). The third-order valence-corrected chi connectivity index (χ3v) is 2.99. The molecule has 1 fully saturated rings. The van der Waals surface area contributed by atoms with E-state index in [9.17, 15) is 0 Å². The Morgan fingerprint density at radius 1 is 1.19 bits per heavy atom. The van der Waals surface area contributed by atoms with Gasteiger partial charge in [0.2, 0.25) is 0 Å². The monoisotopic (exact) mass is 221 g/mol. The molecule has 1 aliphatic heterocycles. The Labute approximate surface area is 96.8 Å². The number of likely N-dealkylation sites (N-methyl/N-ethyl adjacent to an activating group) is 1. The Hall–Kier alpha value is -0.900. The van der Waals surface area contributed by atoms with Crippen molar-refractivity contribution >= 4 is 0 Å². The van der Waals surface area contributed by atoms with Crippen LogP contribution in [0.3, 0.4) is 0 Å². The highest BCUT2D eigenvalue weighted by molar-refractivity contribution is 5.31. The molecule has 0 unspecified atom stereocenters. The lowest BCUT2D eigenvalue weighted by molar-refractivity contribution is -0.193. The summed E-state index contributed by atoms with van der Waals surface area (Å²) in [7, 11) is 1.93. The third-order valence-electron chi connectivity index (χ3n) is 2.99. The topological polar surface area (TPSA) is 30.5 Å². The van der Waals surface area contributed by atoms with Crippen LogP contribution in [0.5, 0.6) is 0 Å². The molecule has 0 amide bonds. The maximum atomic E-state index is 5.72. The predicted molar refractivity (Wildman–Crippen MR) is 63.4 cm³/mol. The molecule has 1 aromatic carbocycles. The van der Waals surface area contributed by atoms with Gasteiger partial charge < -0.3 is 14.8 Å². The van der Waals surface area contributed by atoms with Crippen molar-refractivity contribution in [3.8, 4) is 0 Å². The first-order chi connectivity index (χ1) is 7.70. The minimum atomic E-state index is -0.204. The van der Waals surface area contributed by atoms with E-state index in [1.165, 1.54) is 11.1 Å². The van der Waals surface area contributed by atoms with Crippen LogP contribution in [-0.2, 0) is 9.47 Å². The zero-order valence-electron chi connectivity index (χ0n) is 10.1. The molecule has 1 saturated heterocycles. The van der Waals surface area contributed by atoms with E-state index >= 15 is 0 Å². The van der Waals surface area contributed by atoms with Gasteiger partial charge in [-0.2, -0.15) is 0 Å². The van der Waals surface area contributed by atoms with Gasteiger partial charge in [-0.25, -0.2) is 0 Å². The lowest BCUT2D eigenvalue weighted by atomic mass is 10.0. The molecule has 1 heterocycles. The molecule has 1 N–H and O–H groups in total. The standard InChI is InChI=1S/C13H19NO2/c1-9-4-5-10(2)12(6-9)13-15-7-11(14-3)8-16-13/h4-6,11,13-14H,7-8H2,1-3H3. The summed E-state index contributed by atoms with van der Waals surface area (Å²) in [4.78, 5) is 0. The van der Waals surface area contributed by atoms with Crippen LogP contribution < -0.4 is 5.32 Å². The van der Waals surface area contributed by atoms with Gasteiger partial charge in [0, 0.05) is 5.56 Å². The van der Waals surface area contributed by atoms with Gasteiger partial charge in [-0.1, -0.05) is 23.8 Å². The predicted octanol–water partition coefficient (Wildman–Crippen LogP) is 1.94. The van der Waals surface area contributed by atoms with Crippen LogP contribution >= 0.6 is 0 Å². The van der Waals surface area contributed by atoms with Gasteiger partial charge in [-0.05, 0) is 26.5 Å². The average Bonchev–Trinajstić information content (AvgIpc) is 2.32. The molecule has 0 radical (unpaired) electrons. The zero-order chi connectivity index (χ0) is 11.5. The summed E-state index contributed by atoms with van der Waals surface area (Å²) >= 11 is 0. The molecule has 0 aliphatic carbocycles. The van der Waals surface area contributed by atoms with Crippen molar-refractivity contribution in [1.82, 2.24) is 5.32 Å². The summed E-state index contributed by atoms with van der Waals surface area (Å²) in [5, 5.41) is 3.15. The second kappa shape index (κ2) is 4.95. The van der Waals surface area contributed by atoms with Crippen LogP contribution in [0.25, 0.3) is 0 Å². The maximum absolute atomic E-state index is 5.72. The lowest BCUT2D eigenvalue weighted by Gasteiger charge is -2.30. The van der Waals surface area contributed by atoms with E-state index in [0.29, 0.717) is 19.3 Å². The van der Waals surface area contributed by atoms with Crippen molar-refractivity contribution in [1.29, 1.82) is 0 Å². The van der Waals surface area contributed by atoms with Crippen molar-refractivity contribution < 1.29 is 9.47 Å². The summed E-state index contributed by atoms with van der Waals surface area (Å²) in [5.74, 6) is 0. The molecule has 0 spiro atoms. The first-order valence-electron chi connectivity index (χ1n) is 5.68. The summed E-state index contributed by atoms with van der Waals surface area (Å²) in [6.45, 7) is 5.58. The Morgan fingerprint density at radius 3 is 2.50 bits per heavy atom. The van der Waals surface area contributed by atoms with Gasteiger partial charge >= 0.3 is 0 Å². The Kier molecular flexibility index (Phi) is 3.59. The molecule has 0 aromatic heterocycles. The van der Waals surface area contributed by atoms with Crippen molar-refractivity contribution in [2.24, 2.45) is 0 Å². The third kappa shape index (κ3) is 2.43. The van der Waals surface area contributed by atoms with Crippen LogP contribution in [-0.4, -0.2) is 26.3 Å². The number of ether oxygens (including phenoxy) is 2. The quantitative estimate of drug-likeness (QED) is 0.828. The largest absolute Gasteiger partial charge is 0.347 e. The van der Waals surface area contributed by atoms with Crippen LogP contribution in [0.4, 0.5) is 0 Å². The number of nitrogens with one attached hydrogen (secondary N) is 1. The number of hydrogen-bond donors (Lipinski definition) is 1. The minimum Gasteiger partial charge on any atom is -0.347 e. The molecule has 0 atom stereocenters. The summed E-state index contributed by atoms with van der Waals surface area (Å²) in [6.07, 6.45) is -0.204. The summed E-state index contributed by atoms with van der Waals surface area (Å²) in [6, 6.07) is 6.67. The van der Waals surface area contributed by atoms with Gasteiger partial charge in [0.15, 0.2) is 6.29 Å². The summed E-state index contributed by atoms with van der Waals surface area (Å²) in [5.41, 5.74) is 3.61. The zero-order valence-corrected chi connectivity index (χ0v) is 10.1. The molecule has 1 aliphatic rings. The molecule has 16 heavy (non-hydrogen) atoms. The number of hydrogen-bond acceptors (Lipinski definition) is 3. The Balaban J connectivity index is 2.10. The van der Waals surface area contributed by atoms with Crippen molar-refractivity contribution in [2.45, 2.75) is 26.2 Å². The van der Waals surface area contributed by atoms with E-state index in [2.05, 4.69) is 37.4 Å². The van der Waals surface area contributed by atoms with E-state index in [4.69, 9.17) is 9.47 Å². The van der Waals surface area contributed by atoms with Crippen LogP contribution in [0, 0.1) is 13.8 Å². The van der Waals surface area contributed by atoms with Gasteiger partial charge in [0.25, 0.3) is 0 Å². The highest BCUT2D eigenvalue weighted by atomic mass is 16.7. The molecule has 0 saturated carbocycles. The van der Waals surface area contributed by atoms with Crippen LogP contribution in [0.2, 0.25) is 0 Å². The second-order valence-corrected chi connectivity index (χ2v) is 4.34. The van der Waals surface area contributed by atoms with E-state index < -0.39 is 0 Å². The fourth-order valence-corrected chi connectivity index (χ4v) is 1.86. The molecule has 88 valence electrons. The van der Waals surface area contributed by atoms with Crippen molar-refractivity contribution in [2.75, 3.05) is 20.3 Å². The van der Waals surface area contributed by atoms with E-state index in [1.54, 1.807) is 0 Å². The van der Waals surface area contributed by atoms with E-state index in [1.807, 2.05) is 7.05 Å². The second-order valence-electron chi connectivity index (χ2n) is 4.34. The molecule has 1 aromatic rings.